The molecule has 1 heterocycles. The monoisotopic (exact) mass is 236 g/mol. The number of benzene rings is 1. The molecule has 0 aromatic heterocycles. The van der Waals surface area contributed by atoms with Gasteiger partial charge in [0.05, 0.1) is 0 Å². The van der Waals surface area contributed by atoms with E-state index in [0.717, 1.165) is 0 Å². The molecule has 2 rings (SSSR count). The number of hydrogen-bond acceptors (Lipinski definition) is 0. The molecule has 0 saturated carbocycles. The summed E-state index contributed by atoms with van der Waals surface area (Å²) in [5.41, 5.74) is 3.10. The fourth-order valence-electron chi connectivity index (χ4n) is 2.39. The number of rotatable bonds is 0. The molecule has 0 radical (unpaired) electrons. The average Bonchev–Trinajstić information content (AvgIpc) is 2.06. The molecule has 0 atom stereocenters. The Morgan fingerprint density at radius 2 is 2.00 bits per heavy atom. The van der Waals surface area contributed by atoms with Crippen LogP contribution in [-0.2, 0) is 6.42 Å². The van der Waals surface area contributed by atoms with E-state index in [-0.39, 0.29) is 0 Å². The zero-order chi connectivity index (χ0) is 9.47. The van der Waals surface area contributed by atoms with Crippen LogP contribution in [-0.4, -0.2) is 13.3 Å². The van der Waals surface area contributed by atoms with Crippen molar-refractivity contribution >= 4 is 17.7 Å². The number of aryl methyl sites for hydroxylation is 2. The first-order valence-corrected chi connectivity index (χ1v) is 11.9. The van der Waals surface area contributed by atoms with Gasteiger partial charge >= 0.3 is 83.5 Å². The van der Waals surface area contributed by atoms with Crippen LogP contribution in [0.4, 0.5) is 0 Å². The molecule has 0 saturated heterocycles. The fourth-order valence-corrected chi connectivity index (χ4v) is 8.74. The van der Waals surface area contributed by atoms with Crippen LogP contribution >= 0.6 is 0 Å². The first-order chi connectivity index (χ1) is 6.09. The molecule has 0 aliphatic carbocycles. The van der Waals surface area contributed by atoms with Crippen LogP contribution in [0.3, 0.4) is 0 Å². The Labute approximate surface area is 83.7 Å². The van der Waals surface area contributed by atoms with Crippen LogP contribution in [0.2, 0.25) is 16.8 Å². The van der Waals surface area contributed by atoms with Crippen molar-refractivity contribution in [2.75, 3.05) is 0 Å². The van der Waals surface area contributed by atoms with Gasteiger partial charge < -0.3 is 0 Å². The van der Waals surface area contributed by atoms with Crippen LogP contribution in [0.15, 0.2) is 18.2 Å². The Balaban J connectivity index is 2.55. The maximum absolute atomic E-state index is 2.55. The van der Waals surface area contributed by atoms with E-state index in [1.165, 1.54) is 23.7 Å². The Morgan fingerprint density at radius 3 is 2.77 bits per heavy atom. The van der Waals surface area contributed by atoms with E-state index in [4.69, 9.17) is 0 Å². The van der Waals surface area contributed by atoms with Crippen molar-refractivity contribution in [2.45, 2.75) is 36.5 Å². The van der Waals surface area contributed by atoms with Gasteiger partial charge in [0.1, 0.15) is 0 Å². The van der Waals surface area contributed by atoms with Gasteiger partial charge in [-0.3, -0.25) is 0 Å². The summed E-state index contributed by atoms with van der Waals surface area (Å²) in [6.45, 7) is 2.22. The van der Waals surface area contributed by atoms with Gasteiger partial charge in [0.15, 0.2) is 0 Å². The van der Waals surface area contributed by atoms with Crippen LogP contribution in [0.5, 0.6) is 0 Å². The van der Waals surface area contributed by atoms with Gasteiger partial charge in [-0.15, -0.1) is 0 Å². The summed E-state index contributed by atoms with van der Waals surface area (Å²) in [4.78, 5) is 0. The zero-order valence-electron chi connectivity index (χ0n) is 8.85. The summed E-state index contributed by atoms with van der Waals surface area (Å²) < 4.78 is 1.77. The molecular formula is C12H18Ge. The fraction of sp³-hybridized carbons (Fsp3) is 0.500. The molecular weight excluding hydrogens is 217 g/mol. The maximum atomic E-state index is 2.55. The molecule has 1 heteroatoms. The van der Waals surface area contributed by atoms with Crippen LogP contribution in [0.25, 0.3) is 0 Å². The Hall–Kier alpha value is -0.237. The third-order valence-corrected chi connectivity index (χ3v) is 10.6. The molecule has 1 aliphatic rings. The predicted octanol–water partition coefficient (Wildman–Crippen LogP) is 2.86. The second-order valence-electron chi connectivity index (χ2n) is 4.90. The average molecular weight is 235 g/mol. The Bertz CT molecular complexity index is 326. The van der Waals surface area contributed by atoms with Gasteiger partial charge in [-0.05, 0) is 0 Å². The molecule has 1 aromatic rings. The summed E-state index contributed by atoms with van der Waals surface area (Å²) in [6, 6.07) is 7.08. The summed E-state index contributed by atoms with van der Waals surface area (Å²) in [5.74, 6) is 5.11. The summed E-state index contributed by atoms with van der Waals surface area (Å²) in [6.07, 6.45) is 2.76. The predicted molar refractivity (Wildman–Crippen MR) is 61.4 cm³/mol. The molecule has 0 amide bonds. The van der Waals surface area contributed by atoms with E-state index in [1.54, 1.807) is 9.96 Å². The zero-order valence-corrected chi connectivity index (χ0v) is 11.0. The van der Waals surface area contributed by atoms with Crippen molar-refractivity contribution < 1.29 is 0 Å². The van der Waals surface area contributed by atoms with Crippen molar-refractivity contribution in [1.82, 2.24) is 0 Å². The SMILES string of the molecule is Cc1ccc2[c](c1)[Ge]([CH3])([CH3])[CH2]CC2. The van der Waals surface area contributed by atoms with Gasteiger partial charge in [-0.2, -0.15) is 0 Å². The van der Waals surface area contributed by atoms with Gasteiger partial charge in [-0.1, -0.05) is 0 Å². The Morgan fingerprint density at radius 1 is 1.23 bits per heavy atom. The van der Waals surface area contributed by atoms with E-state index in [0.29, 0.717) is 0 Å². The molecule has 0 bridgehead atoms. The van der Waals surface area contributed by atoms with E-state index in [2.05, 4.69) is 36.6 Å². The van der Waals surface area contributed by atoms with Gasteiger partial charge in [0, 0.05) is 0 Å². The Kier molecular flexibility index (Phi) is 2.27. The second kappa shape index (κ2) is 3.16. The quantitative estimate of drug-likeness (QED) is 0.606. The van der Waals surface area contributed by atoms with E-state index < -0.39 is 13.3 Å². The molecule has 13 heavy (non-hydrogen) atoms. The number of fused-ring (bicyclic) bond motifs is 1. The second-order valence-corrected chi connectivity index (χ2v) is 15.0. The van der Waals surface area contributed by atoms with E-state index in [1.807, 2.05) is 0 Å². The van der Waals surface area contributed by atoms with E-state index >= 15 is 0 Å². The van der Waals surface area contributed by atoms with Crippen LogP contribution < -0.4 is 4.40 Å². The van der Waals surface area contributed by atoms with Crippen LogP contribution in [0, 0.1) is 6.92 Å². The standard InChI is InChI=1S/C12H18Ge/c1-10-6-7-11-5-4-8-13(2,3)12(11)9-10/h6-7,9H,4-5,8H2,1-3H3. The minimum absolute atomic E-state index is 1.32. The molecule has 0 unspecified atom stereocenters. The van der Waals surface area contributed by atoms with Crippen molar-refractivity contribution in [3.63, 3.8) is 0 Å². The third kappa shape index (κ3) is 1.69. The summed E-state index contributed by atoms with van der Waals surface area (Å²) in [7, 11) is 0. The third-order valence-electron chi connectivity index (χ3n) is 3.24. The molecule has 1 aliphatic heterocycles. The molecule has 0 fully saturated rings. The van der Waals surface area contributed by atoms with E-state index in [9.17, 15) is 0 Å². The molecule has 0 N–H and O–H groups in total. The molecule has 0 nitrogen and oxygen atoms in total. The normalized spacial score (nSPS) is 19.6. The molecule has 0 spiro atoms. The minimum atomic E-state index is -1.55. The summed E-state index contributed by atoms with van der Waals surface area (Å²) in [5, 5.41) is 1.52. The van der Waals surface area contributed by atoms with Gasteiger partial charge in [-0.25, -0.2) is 0 Å². The van der Waals surface area contributed by atoms with Crippen molar-refractivity contribution in [1.29, 1.82) is 0 Å². The topological polar surface area (TPSA) is 0 Å². The van der Waals surface area contributed by atoms with Crippen molar-refractivity contribution in [2.24, 2.45) is 0 Å². The van der Waals surface area contributed by atoms with Crippen LogP contribution in [0.1, 0.15) is 17.5 Å². The number of hydrogen-bond donors (Lipinski definition) is 0. The molecule has 1 aromatic carbocycles. The van der Waals surface area contributed by atoms with Crippen molar-refractivity contribution in [3.05, 3.63) is 29.3 Å². The van der Waals surface area contributed by atoms with Crippen molar-refractivity contribution in [3.8, 4) is 0 Å². The first kappa shape index (κ1) is 9.32. The first-order valence-electron chi connectivity index (χ1n) is 5.20. The molecule has 70 valence electrons. The van der Waals surface area contributed by atoms with Gasteiger partial charge in [0.25, 0.3) is 0 Å². The van der Waals surface area contributed by atoms with Gasteiger partial charge in [0.2, 0.25) is 0 Å². The summed E-state index contributed by atoms with van der Waals surface area (Å²) >= 11 is -1.55.